The molecule has 0 aliphatic carbocycles. The number of benzene rings is 1. The van der Waals surface area contributed by atoms with Crippen molar-refractivity contribution in [2.24, 2.45) is 0 Å². The van der Waals surface area contributed by atoms with Crippen LogP contribution in [0.5, 0.6) is 0 Å². The Bertz CT molecular complexity index is 600. The van der Waals surface area contributed by atoms with Crippen LogP contribution in [0.2, 0.25) is 0 Å². The number of nitrogens with one attached hydrogen (secondary N) is 1. The summed E-state index contributed by atoms with van der Waals surface area (Å²) in [6.07, 6.45) is 2.94. The number of amides is 2. The van der Waals surface area contributed by atoms with E-state index in [0.717, 1.165) is 0 Å². The molecule has 0 radical (unpaired) electrons. The minimum absolute atomic E-state index is 0.113. The van der Waals surface area contributed by atoms with Gasteiger partial charge in [-0.3, -0.25) is 0 Å². The number of nitrogens with zero attached hydrogens (tertiary/aromatic N) is 3. The predicted octanol–water partition coefficient (Wildman–Crippen LogP) is 1.47. The lowest BCUT2D eigenvalue weighted by atomic mass is 10.3. The third kappa shape index (κ3) is 3.12. The van der Waals surface area contributed by atoms with Crippen LogP contribution in [0.3, 0.4) is 0 Å². The van der Waals surface area contributed by atoms with Crippen molar-refractivity contribution in [1.29, 1.82) is 0 Å². The number of hydrogen-bond donors (Lipinski definition) is 2. The number of aliphatic hydroxyl groups excluding tert-OH is 1. The first-order valence-corrected chi connectivity index (χ1v) is 6.04. The number of likely N-dealkylation sites (N-methyl/N-ethyl adjacent to an activating group) is 1. The molecule has 20 heavy (non-hydrogen) atoms. The van der Waals surface area contributed by atoms with Crippen molar-refractivity contribution in [1.82, 2.24) is 14.7 Å². The highest BCUT2D eigenvalue weighted by molar-refractivity contribution is 5.88. The molecule has 2 rings (SSSR count). The highest BCUT2D eigenvalue weighted by Crippen LogP contribution is 2.14. The molecule has 2 N–H and O–H groups in total. The maximum Gasteiger partial charge on any atom is 0.321 e. The van der Waals surface area contributed by atoms with Gasteiger partial charge in [0.2, 0.25) is 0 Å². The molecule has 1 aromatic carbocycles. The number of carbonyl (C=O) groups excluding carboxylic acids is 1. The molecule has 0 unspecified atom stereocenters. The van der Waals surface area contributed by atoms with Gasteiger partial charge < -0.3 is 15.3 Å². The molecule has 2 amide bonds. The van der Waals surface area contributed by atoms with Crippen molar-refractivity contribution in [3.05, 3.63) is 42.5 Å². The average molecular weight is 278 g/mol. The monoisotopic (exact) mass is 278 g/mol. The van der Waals surface area contributed by atoms with Crippen molar-refractivity contribution < 1.29 is 14.3 Å². The van der Waals surface area contributed by atoms with E-state index in [4.69, 9.17) is 5.11 Å². The van der Waals surface area contributed by atoms with E-state index in [0.29, 0.717) is 11.4 Å². The molecular formula is C13H15FN4O2. The zero-order valence-electron chi connectivity index (χ0n) is 11.0. The third-order valence-electron chi connectivity index (χ3n) is 2.72. The first-order valence-electron chi connectivity index (χ1n) is 6.04. The molecule has 2 aromatic rings. The number of hydrogen-bond acceptors (Lipinski definition) is 3. The van der Waals surface area contributed by atoms with Crippen LogP contribution < -0.4 is 5.32 Å². The summed E-state index contributed by atoms with van der Waals surface area (Å²) < 4.78 is 14.9. The number of carbonyl (C=O) groups is 1. The molecule has 0 atom stereocenters. The van der Waals surface area contributed by atoms with E-state index in [1.807, 2.05) is 0 Å². The summed E-state index contributed by atoms with van der Waals surface area (Å²) in [5.41, 5.74) is 0.750. The van der Waals surface area contributed by atoms with Crippen molar-refractivity contribution in [3.8, 4) is 5.69 Å². The van der Waals surface area contributed by atoms with Crippen LogP contribution in [-0.4, -0.2) is 46.0 Å². The third-order valence-corrected chi connectivity index (χ3v) is 2.72. The van der Waals surface area contributed by atoms with Gasteiger partial charge in [-0.1, -0.05) is 12.1 Å². The lowest BCUT2D eigenvalue weighted by Gasteiger charge is -2.15. The number of rotatable bonds is 4. The Morgan fingerprint density at radius 3 is 2.95 bits per heavy atom. The topological polar surface area (TPSA) is 70.4 Å². The second kappa shape index (κ2) is 6.16. The fourth-order valence-electron chi connectivity index (χ4n) is 1.63. The van der Waals surface area contributed by atoms with Crippen LogP contribution in [0.1, 0.15) is 0 Å². The van der Waals surface area contributed by atoms with Crippen LogP contribution in [-0.2, 0) is 0 Å². The zero-order chi connectivity index (χ0) is 14.5. The molecular weight excluding hydrogens is 263 g/mol. The van der Waals surface area contributed by atoms with Gasteiger partial charge in [-0.05, 0) is 12.1 Å². The Hall–Kier alpha value is -2.41. The molecule has 106 valence electrons. The standard InChI is InChI=1S/C13H15FN4O2/c1-17(6-7-19)13(20)16-10-8-15-18(9-10)12-5-3-2-4-11(12)14/h2-5,8-9,19H,6-7H2,1H3,(H,16,20). The van der Waals surface area contributed by atoms with Crippen LogP contribution in [0.15, 0.2) is 36.7 Å². The highest BCUT2D eigenvalue weighted by atomic mass is 19.1. The molecule has 7 heteroatoms. The minimum Gasteiger partial charge on any atom is -0.395 e. The van der Waals surface area contributed by atoms with Gasteiger partial charge in [-0.15, -0.1) is 0 Å². The summed E-state index contributed by atoms with van der Waals surface area (Å²) in [4.78, 5) is 13.0. The van der Waals surface area contributed by atoms with Gasteiger partial charge in [0.25, 0.3) is 0 Å². The maximum absolute atomic E-state index is 13.6. The Morgan fingerprint density at radius 2 is 2.25 bits per heavy atom. The molecule has 0 bridgehead atoms. The van der Waals surface area contributed by atoms with Crippen LogP contribution >= 0.6 is 0 Å². The van der Waals surface area contributed by atoms with Crippen molar-refractivity contribution in [2.75, 3.05) is 25.5 Å². The summed E-state index contributed by atoms with van der Waals surface area (Å²) in [6, 6.07) is 5.85. The number of urea groups is 1. The molecule has 1 heterocycles. The van der Waals surface area contributed by atoms with E-state index < -0.39 is 5.82 Å². The largest absolute Gasteiger partial charge is 0.395 e. The summed E-state index contributed by atoms with van der Waals surface area (Å²) in [7, 11) is 1.56. The molecule has 0 saturated carbocycles. The van der Waals surface area contributed by atoms with Gasteiger partial charge in [-0.25, -0.2) is 13.9 Å². The van der Waals surface area contributed by atoms with Crippen LogP contribution in [0, 0.1) is 5.82 Å². The van der Waals surface area contributed by atoms with E-state index >= 15 is 0 Å². The second-order valence-electron chi connectivity index (χ2n) is 4.20. The first-order chi connectivity index (χ1) is 9.61. The van der Waals surface area contributed by atoms with Crippen molar-refractivity contribution in [3.63, 3.8) is 0 Å². The summed E-state index contributed by atoms with van der Waals surface area (Å²) in [5, 5.41) is 15.4. The van der Waals surface area contributed by atoms with E-state index in [9.17, 15) is 9.18 Å². The molecule has 0 aliphatic heterocycles. The number of halogens is 1. The predicted molar refractivity (Wildman–Crippen MR) is 72.3 cm³/mol. The SMILES string of the molecule is CN(CCO)C(=O)Nc1cnn(-c2ccccc2F)c1. The fourth-order valence-corrected chi connectivity index (χ4v) is 1.63. The maximum atomic E-state index is 13.6. The average Bonchev–Trinajstić information content (AvgIpc) is 2.87. The Balaban J connectivity index is 2.10. The summed E-state index contributed by atoms with van der Waals surface area (Å²) >= 11 is 0. The van der Waals surface area contributed by atoms with Gasteiger partial charge >= 0.3 is 6.03 Å². The number of para-hydroxylation sites is 1. The Kier molecular flexibility index (Phi) is 4.31. The van der Waals surface area contributed by atoms with Gasteiger partial charge in [-0.2, -0.15) is 5.10 Å². The first kappa shape index (κ1) is 14.0. The molecule has 1 aromatic heterocycles. The lowest BCUT2D eigenvalue weighted by molar-refractivity contribution is 0.202. The number of aromatic nitrogens is 2. The minimum atomic E-state index is -0.397. The van der Waals surface area contributed by atoms with Crippen molar-refractivity contribution >= 4 is 11.7 Å². The second-order valence-corrected chi connectivity index (χ2v) is 4.20. The molecule has 6 nitrogen and oxygen atoms in total. The van der Waals surface area contributed by atoms with Crippen LogP contribution in [0.4, 0.5) is 14.9 Å². The lowest BCUT2D eigenvalue weighted by Crippen LogP contribution is -2.33. The Labute approximate surface area is 115 Å². The van der Waals surface area contributed by atoms with E-state index in [-0.39, 0.29) is 19.2 Å². The van der Waals surface area contributed by atoms with E-state index in [2.05, 4.69) is 10.4 Å². The summed E-state index contributed by atoms with van der Waals surface area (Å²) in [5.74, 6) is -0.397. The van der Waals surface area contributed by atoms with Gasteiger partial charge in [0.15, 0.2) is 0 Å². The zero-order valence-corrected chi connectivity index (χ0v) is 11.0. The van der Waals surface area contributed by atoms with Gasteiger partial charge in [0.1, 0.15) is 11.5 Å². The normalized spacial score (nSPS) is 10.3. The fraction of sp³-hybridized carbons (Fsp3) is 0.231. The quantitative estimate of drug-likeness (QED) is 0.889. The molecule has 0 aliphatic rings. The summed E-state index contributed by atoms with van der Waals surface area (Å²) in [6.45, 7) is 0.117. The molecule has 0 fully saturated rings. The molecule has 0 saturated heterocycles. The van der Waals surface area contributed by atoms with E-state index in [1.165, 1.54) is 28.0 Å². The number of aliphatic hydroxyl groups is 1. The van der Waals surface area contributed by atoms with Crippen LogP contribution in [0.25, 0.3) is 5.69 Å². The van der Waals surface area contributed by atoms with Gasteiger partial charge in [0.05, 0.1) is 24.7 Å². The van der Waals surface area contributed by atoms with Gasteiger partial charge in [0, 0.05) is 13.6 Å². The molecule has 0 spiro atoms. The Morgan fingerprint density at radius 1 is 1.50 bits per heavy atom. The highest BCUT2D eigenvalue weighted by Gasteiger charge is 2.10. The van der Waals surface area contributed by atoms with E-state index in [1.54, 1.807) is 25.2 Å². The smallest absolute Gasteiger partial charge is 0.321 e. The number of anilines is 1. The van der Waals surface area contributed by atoms with Crippen molar-refractivity contribution in [2.45, 2.75) is 0 Å².